The largest absolute Gasteiger partial charge is 0.473 e. The van der Waals surface area contributed by atoms with Gasteiger partial charge in [-0.1, -0.05) is 18.3 Å². The number of nitrogens with one attached hydrogen (secondary N) is 3. The number of thioether (sulfide) groups is 1. The maximum Gasteiger partial charge on any atom is 0.409 e. The van der Waals surface area contributed by atoms with E-state index < -0.39 is 0 Å². The fourth-order valence-corrected chi connectivity index (χ4v) is 4.81. The van der Waals surface area contributed by atoms with Crippen LogP contribution in [0, 0.1) is 0 Å². The molecule has 1 saturated heterocycles. The van der Waals surface area contributed by atoms with Crippen LogP contribution in [0.15, 0.2) is 22.4 Å². The molecule has 3 rings (SSSR count). The quantitative estimate of drug-likeness (QED) is 0.558. The first kappa shape index (κ1) is 21.6. The molecule has 1 fully saturated rings. The summed E-state index contributed by atoms with van der Waals surface area (Å²) in [6.07, 6.45) is 5.62. The van der Waals surface area contributed by atoms with Crippen molar-refractivity contribution < 1.29 is 19.1 Å². The van der Waals surface area contributed by atoms with E-state index in [4.69, 9.17) is 9.47 Å². The molecule has 0 radical (unpaired) electrons. The monoisotopic (exact) mass is 441 g/mol. The Hall–Kier alpha value is -2.14. The van der Waals surface area contributed by atoms with Crippen LogP contribution >= 0.6 is 23.1 Å². The van der Waals surface area contributed by atoms with Gasteiger partial charge in [-0.15, -0.1) is 11.8 Å². The number of carbonyl (C=O) groups excluding carboxylic acids is 2. The van der Waals surface area contributed by atoms with Crippen LogP contribution < -0.4 is 16.0 Å². The van der Waals surface area contributed by atoms with E-state index in [1.807, 2.05) is 6.20 Å². The van der Waals surface area contributed by atoms with E-state index in [2.05, 4.69) is 27.9 Å². The lowest BCUT2D eigenvalue weighted by atomic mass is 10.1. The van der Waals surface area contributed by atoms with Crippen LogP contribution in [0.3, 0.4) is 0 Å². The lowest BCUT2D eigenvalue weighted by Gasteiger charge is -2.31. The zero-order valence-corrected chi connectivity index (χ0v) is 18.2. The number of urea groups is 1. The molecule has 2 aliphatic rings. The molecule has 3 N–H and O–H groups in total. The first-order chi connectivity index (χ1) is 14.1. The van der Waals surface area contributed by atoms with Gasteiger partial charge in [0.25, 0.3) is 0 Å². The van der Waals surface area contributed by atoms with Crippen molar-refractivity contribution in [1.29, 1.82) is 0 Å². The Balaban J connectivity index is 1.36. The summed E-state index contributed by atoms with van der Waals surface area (Å²) in [6.45, 7) is 5.37. The fraction of sp³-hybridized carbons (Fsp3) is 0.611. The molecule has 0 bridgehead atoms. The second kappa shape index (κ2) is 10.6. The summed E-state index contributed by atoms with van der Waals surface area (Å²) < 4.78 is 11.7. The number of piperidine rings is 1. The topological polar surface area (TPSA) is 105 Å². The van der Waals surface area contributed by atoms with E-state index in [1.165, 1.54) is 11.3 Å². The van der Waals surface area contributed by atoms with Gasteiger partial charge >= 0.3 is 12.1 Å². The van der Waals surface area contributed by atoms with Gasteiger partial charge in [-0.05, 0) is 19.8 Å². The van der Waals surface area contributed by atoms with Crippen molar-refractivity contribution in [3.63, 3.8) is 0 Å². The third-order valence-electron chi connectivity index (χ3n) is 4.51. The molecule has 0 saturated carbocycles. The van der Waals surface area contributed by atoms with Crippen molar-refractivity contribution in [2.75, 3.05) is 30.8 Å². The zero-order chi connectivity index (χ0) is 20.6. The van der Waals surface area contributed by atoms with Gasteiger partial charge in [0.2, 0.25) is 0 Å². The summed E-state index contributed by atoms with van der Waals surface area (Å²) in [5.74, 6) is 1.72. The first-order valence-electron chi connectivity index (χ1n) is 9.77. The molecule has 1 aromatic heterocycles. The minimum Gasteiger partial charge on any atom is -0.473 e. The molecule has 9 nitrogen and oxygen atoms in total. The molecule has 3 amide bonds. The summed E-state index contributed by atoms with van der Waals surface area (Å²) in [5, 5.41) is 9.49. The number of ether oxygens (including phenoxy) is 2. The van der Waals surface area contributed by atoms with Crippen molar-refractivity contribution in [3.05, 3.63) is 18.2 Å². The van der Waals surface area contributed by atoms with Crippen LogP contribution in [0.5, 0.6) is 0 Å². The van der Waals surface area contributed by atoms with E-state index in [1.54, 1.807) is 29.8 Å². The smallest absolute Gasteiger partial charge is 0.409 e. The molecule has 1 unspecified atom stereocenters. The van der Waals surface area contributed by atoms with E-state index in [9.17, 15) is 9.59 Å². The van der Waals surface area contributed by atoms with Crippen molar-refractivity contribution >= 4 is 40.4 Å². The lowest BCUT2D eigenvalue weighted by molar-refractivity contribution is 0.0959. The zero-order valence-electron chi connectivity index (χ0n) is 16.6. The molecule has 160 valence electrons. The Bertz CT molecular complexity index is 734. The molecule has 3 heterocycles. The fourth-order valence-electron chi connectivity index (χ4n) is 2.99. The number of anilines is 1. The van der Waals surface area contributed by atoms with Crippen molar-refractivity contribution in [2.45, 2.75) is 49.6 Å². The molecule has 0 spiro atoms. The van der Waals surface area contributed by atoms with Gasteiger partial charge < -0.3 is 25.0 Å². The number of amides is 3. The van der Waals surface area contributed by atoms with Gasteiger partial charge in [-0.2, -0.15) is 0 Å². The second-order valence-corrected chi connectivity index (χ2v) is 8.94. The SMILES string of the molecule is CCOC(=O)N1CCC(NC(=O)Nc2ncc(SCC3NC=C(CC)O3)s2)CC1. The lowest BCUT2D eigenvalue weighted by Crippen LogP contribution is -2.47. The van der Waals surface area contributed by atoms with Crippen molar-refractivity contribution in [3.8, 4) is 0 Å². The van der Waals surface area contributed by atoms with Crippen molar-refractivity contribution in [1.82, 2.24) is 20.5 Å². The van der Waals surface area contributed by atoms with Gasteiger partial charge in [0.15, 0.2) is 11.4 Å². The number of rotatable bonds is 7. The minimum absolute atomic E-state index is 0.0281. The number of nitrogens with zero attached hydrogens (tertiary/aromatic N) is 2. The van der Waals surface area contributed by atoms with Crippen LogP contribution in [-0.2, 0) is 9.47 Å². The van der Waals surface area contributed by atoms with E-state index in [0.29, 0.717) is 37.7 Å². The normalized spacial score (nSPS) is 19.2. The third kappa shape index (κ3) is 6.43. The number of hydrogen-bond donors (Lipinski definition) is 3. The van der Waals surface area contributed by atoms with Gasteiger partial charge in [-0.3, -0.25) is 5.32 Å². The van der Waals surface area contributed by atoms with Gasteiger partial charge in [0, 0.05) is 31.8 Å². The maximum atomic E-state index is 12.2. The van der Waals surface area contributed by atoms with Crippen LogP contribution in [0.4, 0.5) is 14.7 Å². The number of thiazole rings is 1. The van der Waals surface area contributed by atoms with Crippen LogP contribution in [0.1, 0.15) is 33.1 Å². The highest BCUT2D eigenvalue weighted by atomic mass is 32.2. The Morgan fingerprint density at radius 1 is 1.41 bits per heavy atom. The standard InChI is InChI=1S/C18H27N5O4S2/c1-3-13-9-19-14(27-13)11-28-15-10-20-17(29-15)22-16(24)21-12-5-7-23(8-6-12)18(25)26-4-2/h9-10,12,14,19H,3-8,11H2,1-2H3,(H2,20,21,22,24). The Morgan fingerprint density at radius 3 is 2.90 bits per heavy atom. The number of likely N-dealkylation sites (tertiary alicyclic amines) is 1. The molecular formula is C18H27N5O4S2. The number of carbonyl (C=O) groups is 2. The summed E-state index contributed by atoms with van der Waals surface area (Å²) in [5.41, 5.74) is 0. The van der Waals surface area contributed by atoms with Crippen LogP contribution in [-0.4, -0.2) is 59.7 Å². The predicted molar refractivity (Wildman–Crippen MR) is 113 cm³/mol. The summed E-state index contributed by atoms with van der Waals surface area (Å²) in [7, 11) is 0. The van der Waals surface area contributed by atoms with E-state index in [-0.39, 0.29) is 24.4 Å². The maximum absolute atomic E-state index is 12.2. The van der Waals surface area contributed by atoms with Crippen LogP contribution in [0.25, 0.3) is 0 Å². The van der Waals surface area contributed by atoms with Gasteiger partial charge in [0.1, 0.15) is 5.76 Å². The molecule has 29 heavy (non-hydrogen) atoms. The molecule has 0 aliphatic carbocycles. The van der Waals surface area contributed by atoms with E-state index in [0.717, 1.165) is 22.1 Å². The summed E-state index contributed by atoms with van der Waals surface area (Å²) >= 11 is 3.07. The number of aromatic nitrogens is 1. The average molecular weight is 442 g/mol. The number of allylic oxidation sites excluding steroid dienone is 1. The Labute approximate surface area is 178 Å². The Morgan fingerprint density at radius 2 is 2.21 bits per heavy atom. The third-order valence-corrected chi connectivity index (χ3v) is 6.68. The van der Waals surface area contributed by atoms with Crippen molar-refractivity contribution in [2.24, 2.45) is 0 Å². The molecule has 1 aromatic rings. The summed E-state index contributed by atoms with van der Waals surface area (Å²) in [6, 6.07) is -0.247. The van der Waals surface area contributed by atoms with Crippen LogP contribution in [0.2, 0.25) is 0 Å². The second-order valence-electron chi connectivity index (χ2n) is 6.59. The molecule has 2 aliphatic heterocycles. The Kier molecular flexibility index (Phi) is 7.87. The highest BCUT2D eigenvalue weighted by molar-refractivity contribution is 8.01. The highest BCUT2D eigenvalue weighted by Gasteiger charge is 2.24. The molecule has 11 heteroatoms. The summed E-state index contributed by atoms with van der Waals surface area (Å²) in [4.78, 5) is 29.9. The predicted octanol–water partition coefficient (Wildman–Crippen LogP) is 3.17. The minimum atomic E-state index is -0.289. The molecule has 0 aromatic carbocycles. The molecular weight excluding hydrogens is 414 g/mol. The number of hydrogen-bond acceptors (Lipinski definition) is 8. The highest BCUT2D eigenvalue weighted by Crippen LogP contribution is 2.29. The molecule has 1 atom stereocenters. The van der Waals surface area contributed by atoms with Gasteiger partial charge in [-0.25, -0.2) is 14.6 Å². The first-order valence-corrected chi connectivity index (χ1v) is 11.6. The average Bonchev–Trinajstić information content (AvgIpc) is 3.36. The van der Waals surface area contributed by atoms with Gasteiger partial charge in [0.05, 0.1) is 22.8 Å². The van der Waals surface area contributed by atoms with E-state index >= 15 is 0 Å².